The normalized spacial score (nSPS) is 48.1. The van der Waals surface area contributed by atoms with Gasteiger partial charge in [-0.15, -0.1) is 0 Å². The highest BCUT2D eigenvalue weighted by Crippen LogP contribution is 2.60. The molecule has 2 aliphatic heterocycles. The van der Waals surface area contributed by atoms with E-state index in [0.29, 0.717) is 11.8 Å². The van der Waals surface area contributed by atoms with Crippen molar-refractivity contribution in [3.8, 4) is 0 Å². The fourth-order valence-corrected chi connectivity index (χ4v) is 4.18. The third-order valence-corrected chi connectivity index (χ3v) is 5.12. The van der Waals surface area contributed by atoms with E-state index >= 15 is 0 Å². The van der Waals surface area contributed by atoms with Crippen LogP contribution in [0.5, 0.6) is 0 Å². The van der Waals surface area contributed by atoms with E-state index in [-0.39, 0.29) is 5.60 Å². The second-order valence-electron chi connectivity index (χ2n) is 6.33. The molecule has 2 heteroatoms. The molecule has 0 aromatic heterocycles. The molecule has 0 aromatic carbocycles. The van der Waals surface area contributed by atoms with Gasteiger partial charge >= 0.3 is 0 Å². The van der Waals surface area contributed by atoms with Crippen molar-refractivity contribution >= 4 is 0 Å². The predicted molar refractivity (Wildman–Crippen MR) is 67.4 cm³/mol. The monoisotopic (exact) mass is 234 g/mol. The van der Waals surface area contributed by atoms with Gasteiger partial charge in [0.05, 0.1) is 5.60 Å². The number of rotatable bonds is 0. The summed E-state index contributed by atoms with van der Waals surface area (Å²) in [5.41, 5.74) is 3.49. The minimum absolute atomic E-state index is 0.125. The number of allylic oxidation sites excluding steroid dienone is 1. The van der Waals surface area contributed by atoms with Crippen molar-refractivity contribution in [2.24, 2.45) is 11.8 Å². The maximum atomic E-state index is 10.7. The zero-order valence-corrected chi connectivity index (χ0v) is 11.2. The molecule has 3 aliphatic rings. The molecule has 1 N–H and O–H groups in total. The first-order chi connectivity index (χ1) is 7.89. The van der Waals surface area contributed by atoms with Gasteiger partial charge in [-0.25, -0.2) is 0 Å². The highest BCUT2D eigenvalue weighted by atomic mass is 16.6. The minimum Gasteiger partial charge on any atom is -0.359 e. The number of aliphatic hydroxyl groups is 1. The van der Waals surface area contributed by atoms with Gasteiger partial charge < -0.3 is 9.84 Å². The van der Waals surface area contributed by atoms with E-state index in [2.05, 4.69) is 27.7 Å². The molecule has 3 rings (SSSR count). The molecule has 2 nitrogen and oxygen atoms in total. The Labute approximate surface area is 103 Å². The van der Waals surface area contributed by atoms with Crippen molar-refractivity contribution in [2.45, 2.75) is 58.3 Å². The van der Waals surface area contributed by atoms with Crippen LogP contribution in [0.4, 0.5) is 0 Å². The third kappa shape index (κ3) is 1.28. The van der Waals surface area contributed by atoms with Crippen LogP contribution in [0.15, 0.2) is 22.8 Å². The van der Waals surface area contributed by atoms with Crippen LogP contribution in [-0.4, -0.2) is 16.5 Å². The molecule has 4 atom stereocenters. The van der Waals surface area contributed by atoms with Crippen molar-refractivity contribution in [1.82, 2.24) is 0 Å². The first-order valence-electron chi connectivity index (χ1n) is 6.68. The van der Waals surface area contributed by atoms with Gasteiger partial charge in [0.2, 0.25) is 5.79 Å². The van der Waals surface area contributed by atoms with Gasteiger partial charge in [-0.05, 0) is 51.2 Å². The summed E-state index contributed by atoms with van der Waals surface area (Å²) in [7, 11) is 0. The van der Waals surface area contributed by atoms with Crippen LogP contribution < -0.4 is 0 Å². The Bertz CT molecular complexity index is 430. The first-order valence-corrected chi connectivity index (χ1v) is 6.68. The molecule has 1 saturated carbocycles. The smallest absolute Gasteiger partial charge is 0.209 e. The van der Waals surface area contributed by atoms with Crippen LogP contribution in [-0.2, 0) is 4.74 Å². The standard InChI is InChI=1S/C15H22O2/c1-9(2)13-8-14-11(4)5-6-12(14)10(3)7-15(13,16)17-14/h7,11-12,16H,5-6,8H2,1-4H3/t11-,12+,14+,15-/m0/s1. The van der Waals surface area contributed by atoms with Gasteiger partial charge in [-0.2, -0.15) is 0 Å². The molecular formula is C15H22O2. The van der Waals surface area contributed by atoms with Crippen LogP contribution >= 0.6 is 0 Å². The lowest BCUT2D eigenvalue weighted by molar-refractivity contribution is -0.209. The summed E-state index contributed by atoms with van der Waals surface area (Å²) < 4.78 is 6.17. The van der Waals surface area contributed by atoms with Gasteiger partial charge in [-0.3, -0.25) is 0 Å². The molecular weight excluding hydrogens is 212 g/mol. The minimum atomic E-state index is -1.11. The van der Waals surface area contributed by atoms with Crippen LogP contribution in [0.3, 0.4) is 0 Å². The Morgan fingerprint density at radius 3 is 2.76 bits per heavy atom. The van der Waals surface area contributed by atoms with E-state index in [9.17, 15) is 5.11 Å². The Balaban J connectivity index is 2.18. The van der Waals surface area contributed by atoms with E-state index < -0.39 is 5.79 Å². The zero-order chi connectivity index (χ0) is 12.4. The Hall–Kier alpha value is -0.600. The van der Waals surface area contributed by atoms with Crippen LogP contribution in [0, 0.1) is 11.8 Å². The largest absolute Gasteiger partial charge is 0.359 e. The van der Waals surface area contributed by atoms with Gasteiger partial charge in [-0.1, -0.05) is 18.1 Å². The van der Waals surface area contributed by atoms with Crippen LogP contribution in [0.1, 0.15) is 47.0 Å². The molecule has 1 spiro atoms. The fraction of sp³-hybridized carbons (Fsp3) is 0.733. The van der Waals surface area contributed by atoms with E-state index in [0.717, 1.165) is 12.0 Å². The number of fused-ring (bicyclic) bond motifs is 1. The van der Waals surface area contributed by atoms with E-state index in [4.69, 9.17) is 4.74 Å². The number of hydrogen-bond donors (Lipinski definition) is 1. The first kappa shape index (κ1) is 11.5. The topological polar surface area (TPSA) is 29.5 Å². The summed E-state index contributed by atoms with van der Waals surface area (Å²) in [6.07, 6.45) is 5.27. The molecule has 0 amide bonds. The van der Waals surface area contributed by atoms with Crippen LogP contribution in [0.2, 0.25) is 0 Å². The highest BCUT2D eigenvalue weighted by molar-refractivity contribution is 5.40. The van der Waals surface area contributed by atoms with Gasteiger partial charge in [0.25, 0.3) is 0 Å². The second-order valence-corrected chi connectivity index (χ2v) is 6.33. The van der Waals surface area contributed by atoms with Gasteiger partial charge in [0, 0.05) is 12.3 Å². The molecule has 2 fully saturated rings. The highest BCUT2D eigenvalue weighted by Gasteiger charge is 2.62. The van der Waals surface area contributed by atoms with E-state index in [1.165, 1.54) is 24.0 Å². The van der Waals surface area contributed by atoms with Crippen LogP contribution in [0.25, 0.3) is 0 Å². The Morgan fingerprint density at radius 1 is 1.41 bits per heavy atom. The third-order valence-electron chi connectivity index (χ3n) is 5.12. The summed E-state index contributed by atoms with van der Waals surface area (Å²) in [4.78, 5) is 0. The summed E-state index contributed by atoms with van der Waals surface area (Å²) >= 11 is 0. The lowest BCUT2D eigenvalue weighted by atomic mass is 9.79. The summed E-state index contributed by atoms with van der Waals surface area (Å²) in [5.74, 6) is -0.0629. The lowest BCUT2D eigenvalue weighted by Crippen LogP contribution is -2.45. The molecule has 2 heterocycles. The molecule has 0 aromatic rings. The van der Waals surface area contributed by atoms with E-state index in [1.807, 2.05) is 6.08 Å². The molecule has 1 aliphatic carbocycles. The molecule has 0 unspecified atom stereocenters. The van der Waals surface area contributed by atoms with Crippen molar-refractivity contribution in [1.29, 1.82) is 0 Å². The zero-order valence-electron chi connectivity index (χ0n) is 11.2. The second kappa shape index (κ2) is 3.24. The molecule has 1 saturated heterocycles. The van der Waals surface area contributed by atoms with Crippen molar-refractivity contribution in [3.05, 3.63) is 22.8 Å². The molecule has 17 heavy (non-hydrogen) atoms. The van der Waals surface area contributed by atoms with Gasteiger partial charge in [0.15, 0.2) is 0 Å². The average Bonchev–Trinajstić information content (AvgIpc) is 2.65. The Kier molecular flexibility index (Phi) is 2.19. The van der Waals surface area contributed by atoms with Crippen molar-refractivity contribution in [3.63, 3.8) is 0 Å². The quantitative estimate of drug-likeness (QED) is 0.652. The SMILES string of the molecule is CC1=C[C@]2(O)O[C@@]3(CC2=C(C)C)[C@@H]1CC[C@@H]3C. The van der Waals surface area contributed by atoms with Crippen molar-refractivity contribution in [2.75, 3.05) is 0 Å². The molecule has 94 valence electrons. The summed E-state index contributed by atoms with van der Waals surface area (Å²) in [5, 5.41) is 10.7. The molecule has 2 bridgehead atoms. The average molecular weight is 234 g/mol. The lowest BCUT2D eigenvalue weighted by Gasteiger charge is -2.40. The summed E-state index contributed by atoms with van der Waals surface area (Å²) in [6.45, 7) is 8.57. The number of ether oxygens (including phenoxy) is 1. The van der Waals surface area contributed by atoms with Crippen molar-refractivity contribution < 1.29 is 9.84 Å². The number of hydrogen-bond acceptors (Lipinski definition) is 2. The molecule has 0 radical (unpaired) electrons. The predicted octanol–water partition coefficient (Wildman–Crippen LogP) is 3.18. The maximum Gasteiger partial charge on any atom is 0.209 e. The Morgan fingerprint density at radius 2 is 2.12 bits per heavy atom. The van der Waals surface area contributed by atoms with Gasteiger partial charge in [0.1, 0.15) is 0 Å². The van der Waals surface area contributed by atoms with E-state index in [1.54, 1.807) is 0 Å². The summed E-state index contributed by atoms with van der Waals surface area (Å²) in [6, 6.07) is 0. The fourth-order valence-electron chi connectivity index (χ4n) is 4.18. The maximum absolute atomic E-state index is 10.7.